The van der Waals surface area contributed by atoms with E-state index < -0.39 is 0 Å². The summed E-state index contributed by atoms with van der Waals surface area (Å²) in [5.41, 5.74) is 0. The number of methoxy groups -OCH3 is 2. The lowest BCUT2D eigenvalue weighted by Crippen LogP contribution is -2.56. The molecule has 1 atom stereocenters. The highest BCUT2D eigenvalue weighted by Crippen LogP contribution is 2.09. The van der Waals surface area contributed by atoms with Crippen molar-refractivity contribution in [3.05, 3.63) is 0 Å². The van der Waals surface area contributed by atoms with E-state index in [1.165, 1.54) is 0 Å². The van der Waals surface area contributed by atoms with Gasteiger partial charge in [-0.15, -0.1) is 0 Å². The first-order chi connectivity index (χ1) is 8.58. The molecule has 1 fully saturated rings. The van der Waals surface area contributed by atoms with Gasteiger partial charge >= 0.3 is 0 Å². The lowest BCUT2D eigenvalue weighted by Gasteiger charge is -2.36. The van der Waals surface area contributed by atoms with E-state index in [2.05, 4.69) is 5.32 Å². The molecule has 1 N–H and O–H groups in total. The van der Waals surface area contributed by atoms with E-state index in [-0.39, 0.29) is 24.3 Å². The summed E-state index contributed by atoms with van der Waals surface area (Å²) in [6.45, 7) is 6.20. The molecule has 1 aliphatic heterocycles. The van der Waals surface area contributed by atoms with Crippen LogP contribution in [0.15, 0.2) is 0 Å². The summed E-state index contributed by atoms with van der Waals surface area (Å²) in [7, 11) is 3.19. The molecule has 106 valence electrons. The molecule has 1 aliphatic rings. The Hall–Kier alpha value is -0.690. The molecule has 0 radical (unpaired) electrons. The SMILES string of the molecule is COC(CN1CCOCC1C(=O)NC(C)C)OC. The highest BCUT2D eigenvalue weighted by Gasteiger charge is 2.31. The van der Waals surface area contributed by atoms with E-state index >= 15 is 0 Å². The second kappa shape index (κ2) is 7.68. The quantitative estimate of drug-likeness (QED) is 0.672. The first kappa shape index (κ1) is 15.4. The summed E-state index contributed by atoms with van der Waals surface area (Å²) in [6, 6.07) is -0.143. The van der Waals surface area contributed by atoms with E-state index in [4.69, 9.17) is 14.2 Å². The molecule has 1 amide bonds. The number of ether oxygens (including phenoxy) is 3. The Kier molecular flexibility index (Phi) is 6.56. The van der Waals surface area contributed by atoms with Crippen molar-refractivity contribution in [3.8, 4) is 0 Å². The normalized spacial score (nSPS) is 21.6. The van der Waals surface area contributed by atoms with Crippen molar-refractivity contribution in [3.63, 3.8) is 0 Å². The van der Waals surface area contributed by atoms with Crippen LogP contribution in [0.1, 0.15) is 13.8 Å². The van der Waals surface area contributed by atoms with Crippen LogP contribution in [0.5, 0.6) is 0 Å². The van der Waals surface area contributed by atoms with E-state index in [0.717, 1.165) is 0 Å². The number of morpholine rings is 1. The molecule has 18 heavy (non-hydrogen) atoms. The molecule has 0 bridgehead atoms. The zero-order valence-corrected chi connectivity index (χ0v) is 11.6. The number of hydrogen-bond donors (Lipinski definition) is 1. The molecule has 0 saturated carbocycles. The second-order valence-corrected chi connectivity index (χ2v) is 4.65. The number of carbonyl (C=O) groups excluding carboxylic acids is 1. The van der Waals surface area contributed by atoms with Crippen LogP contribution < -0.4 is 5.32 Å². The average molecular weight is 260 g/mol. The number of nitrogens with zero attached hydrogens (tertiary/aromatic N) is 1. The first-order valence-corrected chi connectivity index (χ1v) is 6.26. The van der Waals surface area contributed by atoms with Crippen LogP contribution in [-0.2, 0) is 19.0 Å². The van der Waals surface area contributed by atoms with E-state index in [1.54, 1.807) is 14.2 Å². The fourth-order valence-electron chi connectivity index (χ4n) is 1.92. The minimum absolute atomic E-state index is 0.00402. The van der Waals surface area contributed by atoms with Crippen LogP contribution in [-0.4, -0.2) is 69.7 Å². The zero-order chi connectivity index (χ0) is 13.5. The molecule has 6 nitrogen and oxygen atoms in total. The van der Waals surface area contributed by atoms with Crippen molar-refractivity contribution >= 4 is 5.91 Å². The predicted molar refractivity (Wildman–Crippen MR) is 67.3 cm³/mol. The third-order valence-electron chi connectivity index (χ3n) is 2.88. The molecule has 0 spiro atoms. The summed E-state index contributed by atoms with van der Waals surface area (Å²) >= 11 is 0. The van der Waals surface area contributed by atoms with Gasteiger partial charge < -0.3 is 19.5 Å². The Labute approximate surface area is 109 Å². The Morgan fingerprint density at radius 2 is 2.11 bits per heavy atom. The van der Waals surface area contributed by atoms with Gasteiger partial charge in [0.1, 0.15) is 6.04 Å². The van der Waals surface area contributed by atoms with Gasteiger partial charge in [-0.3, -0.25) is 9.69 Å². The molecule has 1 saturated heterocycles. The van der Waals surface area contributed by atoms with Gasteiger partial charge in [0.25, 0.3) is 0 Å². The standard InChI is InChI=1S/C12H24N2O4/c1-9(2)13-12(15)10-8-18-6-5-14(10)7-11(16-3)17-4/h9-11H,5-8H2,1-4H3,(H,13,15). The fourth-order valence-corrected chi connectivity index (χ4v) is 1.92. The third-order valence-corrected chi connectivity index (χ3v) is 2.88. The van der Waals surface area contributed by atoms with Gasteiger partial charge in [-0.1, -0.05) is 0 Å². The number of carbonyl (C=O) groups is 1. The molecule has 0 aromatic heterocycles. The van der Waals surface area contributed by atoms with Crippen LogP contribution in [0.2, 0.25) is 0 Å². The van der Waals surface area contributed by atoms with Gasteiger partial charge in [-0.2, -0.15) is 0 Å². The molecule has 1 heterocycles. The Morgan fingerprint density at radius 1 is 1.44 bits per heavy atom. The summed E-state index contributed by atoms with van der Waals surface area (Å²) < 4.78 is 15.7. The highest BCUT2D eigenvalue weighted by atomic mass is 16.7. The molecule has 0 aliphatic carbocycles. The van der Waals surface area contributed by atoms with Gasteiger partial charge in [0, 0.05) is 26.8 Å². The predicted octanol–water partition coefficient (Wildman–Crippen LogP) is -0.169. The maximum atomic E-state index is 12.1. The maximum absolute atomic E-state index is 12.1. The Morgan fingerprint density at radius 3 is 2.67 bits per heavy atom. The van der Waals surface area contributed by atoms with Crippen molar-refractivity contribution in [1.82, 2.24) is 10.2 Å². The van der Waals surface area contributed by atoms with Gasteiger partial charge in [0.2, 0.25) is 5.91 Å². The van der Waals surface area contributed by atoms with Crippen LogP contribution in [0, 0.1) is 0 Å². The average Bonchev–Trinajstić information content (AvgIpc) is 2.35. The first-order valence-electron chi connectivity index (χ1n) is 6.26. The van der Waals surface area contributed by atoms with Crippen LogP contribution in [0.25, 0.3) is 0 Å². The zero-order valence-electron chi connectivity index (χ0n) is 11.6. The van der Waals surface area contributed by atoms with Gasteiger partial charge in [0.15, 0.2) is 6.29 Å². The summed E-state index contributed by atoms with van der Waals surface area (Å²) in [4.78, 5) is 14.1. The Balaban J connectivity index is 2.58. The topological polar surface area (TPSA) is 60.0 Å². The lowest BCUT2D eigenvalue weighted by molar-refractivity contribution is -0.147. The molecule has 0 aromatic carbocycles. The summed E-state index contributed by atoms with van der Waals surface area (Å²) in [5.74, 6) is -0.00402. The molecule has 1 unspecified atom stereocenters. The van der Waals surface area contributed by atoms with E-state index in [9.17, 15) is 4.79 Å². The molecular formula is C12H24N2O4. The summed E-state index contributed by atoms with van der Waals surface area (Å²) in [6.07, 6.45) is -0.322. The van der Waals surface area contributed by atoms with Gasteiger partial charge in [-0.25, -0.2) is 0 Å². The number of hydrogen-bond acceptors (Lipinski definition) is 5. The Bertz CT molecular complexity index is 256. The molecular weight excluding hydrogens is 236 g/mol. The van der Waals surface area contributed by atoms with Crippen molar-refractivity contribution < 1.29 is 19.0 Å². The summed E-state index contributed by atoms with van der Waals surface area (Å²) in [5, 5.41) is 2.91. The second-order valence-electron chi connectivity index (χ2n) is 4.65. The van der Waals surface area contributed by atoms with E-state index in [0.29, 0.717) is 26.3 Å². The van der Waals surface area contributed by atoms with Gasteiger partial charge in [-0.05, 0) is 13.8 Å². The van der Waals surface area contributed by atoms with Crippen molar-refractivity contribution in [1.29, 1.82) is 0 Å². The van der Waals surface area contributed by atoms with Gasteiger partial charge in [0.05, 0.1) is 19.8 Å². The molecule has 1 rings (SSSR count). The minimum Gasteiger partial charge on any atom is -0.378 e. The van der Waals surface area contributed by atoms with Crippen molar-refractivity contribution in [2.45, 2.75) is 32.2 Å². The van der Waals surface area contributed by atoms with Crippen LogP contribution in [0.4, 0.5) is 0 Å². The largest absolute Gasteiger partial charge is 0.378 e. The van der Waals surface area contributed by atoms with E-state index in [1.807, 2.05) is 18.7 Å². The minimum atomic E-state index is -0.322. The highest BCUT2D eigenvalue weighted by molar-refractivity contribution is 5.82. The number of amides is 1. The number of rotatable bonds is 6. The third kappa shape index (κ3) is 4.53. The fraction of sp³-hybridized carbons (Fsp3) is 0.917. The van der Waals surface area contributed by atoms with Crippen LogP contribution in [0.3, 0.4) is 0 Å². The van der Waals surface area contributed by atoms with Crippen molar-refractivity contribution in [2.75, 3.05) is 40.5 Å². The molecule has 0 aromatic rings. The van der Waals surface area contributed by atoms with Crippen LogP contribution >= 0.6 is 0 Å². The smallest absolute Gasteiger partial charge is 0.239 e. The monoisotopic (exact) mass is 260 g/mol. The number of nitrogens with one attached hydrogen (secondary N) is 1. The van der Waals surface area contributed by atoms with Crippen molar-refractivity contribution in [2.24, 2.45) is 0 Å². The lowest BCUT2D eigenvalue weighted by atomic mass is 10.2. The molecule has 6 heteroatoms. The maximum Gasteiger partial charge on any atom is 0.239 e.